The van der Waals surface area contributed by atoms with E-state index >= 15 is 0 Å². The monoisotopic (exact) mass is 442 g/mol. The van der Waals surface area contributed by atoms with E-state index in [1.165, 1.54) is 6.92 Å². The molecule has 30 heavy (non-hydrogen) atoms. The third kappa shape index (κ3) is 6.63. The van der Waals surface area contributed by atoms with Crippen LogP contribution in [-0.2, 0) is 6.61 Å². The zero-order valence-corrected chi connectivity index (χ0v) is 17.7. The summed E-state index contributed by atoms with van der Waals surface area (Å²) in [6, 6.07) is 1.78. The number of hydrogen-bond acceptors (Lipinski definition) is 6. The summed E-state index contributed by atoms with van der Waals surface area (Å²) in [5.74, 6) is -2.94. The maximum Gasteiger partial charge on any atom is 0.344 e. The van der Waals surface area contributed by atoms with Crippen molar-refractivity contribution in [2.24, 2.45) is 0 Å². The molecule has 0 radical (unpaired) electrons. The van der Waals surface area contributed by atoms with Gasteiger partial charge < -0.3 is 20.5 Å². The molecule has 4 N–H and O–H groups in total. The molecule has 1 aromatic carbocycles. The molecule has 2 aromatic rings. The van der Waals surface area contributed by atoms with Crippen LogP contribution >= 0.6 is 11.5 Å². The van der Waals surface area contributed by atoms with Gasteiger partial charge in [0.05, 0.1) is 0 Å². The predicted molar refractivity (Wildman–Crippen MR) is 109 cm³/mol. The first-order valence-corrected chi connectivity index (χ1v) is 10.0. The fourth-order valence-electron chi connectivity index (χ4n) is 2.42. The van der Waals surface area contributed by atoms with Crippen molar-refractivity contribution in [2.75, 3.05) is 18.4 Å². The topological polar surface area (TPSA) is 113 Å². The maximum atomic E-state index is 13.9. The quantitative estimate of drug-likeness (QED) is 0.419. The molecule has 0 saturated carbocycles. The van der Waals surface area contributed by atoms with Crippen molar-refractivity contribution >= 4 is 28.5 Å². The van der Waals surface area contributed by atoms with E-state index in [9.17, 15) is 23.5 Å². The Morgan fingerprint density at radius 1 is 1.23 bits per heavy atom. The van der Waals surface area contributed by atoms with Crippen LogP contribution in [-0.4, -0.2) is 40.6 Å². The highest BCUT2D eigenvalue weighted by atomic mass is 32.1. The van der Waals surface area contributed by atoms with Crippen LogP contribution in [0.1, 0.15) is 41.8 Å². The zero-order chi connectivity index (χ0) is 22.3. The van der Waals surface area contributed by atoms with Gasteiger partial charge in [0.2, 0.25) is 5.88 Å². The molecule has 1 aromatic heterocycles. The number of aryl methyl sites for hydroxylation is 1. The number of anilines is 1. The number of carboxylic acids is 1. The molecular weight excluding hydrogens is 418 g/mol. The van der Waals surface area contributed by atoms with Gasteiger partial charge in [-0.05, 0) is 49.1 Å². The summed E-state index contributed by atoms with van der Waals surface area (Å²) in [5.41, 5.74) is -0.289. The lowest BCUT2D eigenvalue weighted by Gasteiger charge is -2.09. The van der Waals surface area contributed by atoms with Gasteiger partial charge in [-0.1, -0.05) is 13.8 Å². The van der Waals surface area contributed by atoms with Gasteiger partial charge in [-0.15, -0.1) is 0 Å². The van der Waals surface area contributed by atoms with Gasteiger partial charge >= 0.3 is 12.0 Å². The van der Waals surface area contributed by atoms with Crippen molar-refractivity contribution in [3.8, 4) is 5.88 Å². The maximum absolute atomic E-state index is 13.9. The molecule has 0 fully saturated rings. The largest absolute Gasteiger partial charge is 0.477 e. The number of aromatic carboxylic acids is 1. The van der Waals surface area contributed by atoms with E-state index in [0.717, 1.165) is 30.2 Å². The average molecular weight is 442 g/mol. The SMILES string of the molecule is Cc1cc(F)c(COc2nsc(NC(=O)NCCCNC(C)C)c2C(=O)O)cc1F. The summed E-state index contributed by atoms with van der Waals surface area (Å²) in [4.78, 5) is 23.6. The summed E-state index contributed by atoms with van der Waals surface area (Å²) in [6.45, 7) is 6.17. The van der Waals surface area contributed by atoms with Crippen LogP contribution in [0.25, 0.3) is 0 Å². The van der Waals surface area contributed by atoms with E-state index in [0.29, 0.717) is 19.0 Å². The number of amides is 2. The normalized spacial score (nSPS) is 10.9. The molecule has 0 atom stereocenters. The van der Waals surface area contributed by atoms with E-state index in [2.05, 4.69) is 20.3 Å². The first-order valence-electron chi connectivity index (χ1n) is 9.27. The highest BCUT2D eigenvalue weighted by Crippen LogP contribution is 2.31. The van der Waals surface area contributed by atoms with Crippen molar-refractivity contribution in [1.82, 2.24) is 15.0 Å². The minimum atomic E-state index is -1.37. The van der Waals surface area contributed by atoms with Gasteiger partial charge in [-0.3, -0.25) is 5.32 Å². The average Bonchev–Trinajstić information content (AvgIpc) is 3.05. The van der Waals surface area contributed by atoms with Crippen molar-refractivity contribution < 1.29 is 28.2 Å². The van der Waals surface area contributed by atoms with Crippen LogP contribution < -0.4 is 20.7 Å². The van der Waals surface area contributed by atoms with Crippen molar-refractivity contribution in [3.05, 3.63) is 40.5 Å². The molecule has 11 heteroatoms. The Morgan fingerprint density at radius 3 is 2.63 bits per heavy atom. The molecule has 0 aliphatic heterocycles. The van der Waals surface area contributed by atoms with Crippen molar-refractivity contribution in [3.63, 3.8) is 0 Å². The number of urea groups is 1. The van der Waals surface area contributed by atoms with Crippen LogP contribution in [0.15, 0.2) is 12.1 Å². The highest BCUT2D eigenvalue weighted by Gasteiger charge is 2.24. The first kappa shape index (κ1) is 23.5. The molecule has 164 valence electrons. The van der Waals surface area contributed by atoms with Gasteiger partial charge in [0.15, 0.2) is 5.56 Å². The van der Waals surface area contributed by atoms with E-state index in [1.54, 1.807) is 0 Å². The van der Waals surface area contributed by atoms with E-state index in [-0.39, 0.29) is 27.6 Å². The molecule has 1 heterocycles. The number of halogens is 2. The fraction of sp³-hybridized carbons (Fsp3) is 0.421. The first-order chi connectivity index (χ1) is 14.2. The molecule has 0 bridgehead atoms. The number of hydrogen-bond donors (Lipinski definition) is 4. The molecule has 0 aliphatic carbocycles. The number of rotatable bonds is 10. The molecule has 0 aliphatic rings. The summed E-state index contributed by atoms with van der Waals surface area (Å²) in [5, 5.41) is 17.7. The Balaban J connectivity index is 1.98. The number of aromatic nitrogens is 1. The number of carbonyl (C=O) groups excluding carboxylic acids is 1. The van der Waals surface area contributed by atoms with Crippen LogP contribution in [0.2, 0.25) is 0 Å². The number of benzene rings is 1. The Kier molecular flexibility index (Phi) is 8.48. The smallest absolute Gasteiger partial charge is 0.344 e. The second-order valence-electron chi connectivity index (χ2n) is 6.82. The summed E-state index contributed by atoms with van der Waals surface area (Å²) in [7, 11) is 0. The number of carboxylic acid groups (broad SMARTS) is 1. The minimum Gasteiger partial charge on any atom is -0.477 e. The van der Waals surface area contributed by atoms with Crippen molar-refractivity contribution in [2.45, 2.75) is 39.8 Å². The molecule has 0 unspecified atom stereocenters. The van der Waals surface area contributed by atoms with Crippen LogP contribution in [0.5, 0.6) is 5.88 Å². The van der Waals surface area contributed by atoms with Crippen LogP contribution in [0.3, 0.4) is 0 Å². The molecule has 2 amide bonds. The Labute approximate surface area is 176 Å². The van der Waals surface area contributed by atoms with Gasteiger partial charge in [0, 0.05) is 18.2 Å². The highest BCUT2D eigenvalue weighted by molar-refractivity contribution is 7.11. The van der Waals surface area contributed by atoms with E-state index in [1.807, 2.05) is 13.8 Å². The molecular formula is C19H24F2N4O4S. The molecule has 8 nitrogen and oxygen atoms in total. The summed E-state index contributed by atoms with van der Waals surface area (Å²) < 4.78 is 36.7. The second kappa shape index (κ2) is 10.8. The molecule has 2 rings (SSSR count). The zero-order valence-electron chi connectivity index (χ0n) is 16.8. The molecule has 0 saturated heterocycles. The number of nitrogens with one attached hydrogen (secondary N) is 3. The number of carbonyl (C=O) groups is 2. The van der Waals surface area contributed by atoms with Crippen LogP contribution in [0, 0.1) is 18.6 Å². The summed E-state index contributed by atoms with van der Waals surface area (Å²) >= 11 is 0.717. The lowest BCUT2D eigenvalue weighted by molar-refractivity contribution is 0.0693. The lowest BCUT2D eigenvalue weighted by atomic mass is 10.1. The van der Waals surface area contributed by atoms with Gasteiger partial charge in [-0.2, -0.15) is 4.37 Å². The van der Waals surface area contributed by atoms with Gasteiger partial charge in [-0.25, -0.2) is 18.4 Å². The third-order valence-electron chi connectivity index (χ3n) is 3.99. The predicted octanol–water partition coefficient (Wildman–Crippen LogP) is 3.52. The standard InChI is InChI=1S/C19H24F2N4O4S/c1-10(2)22-5-4-6-23-19(28)24-17-15(18(26)27)16(25-30-17)29-9-12-8-13(20)11(3)7-14(12)21/h7-8,10,22H,4-6,9H2,1-3H3,(H,26,27)(H2,23,24,28). The van der Waals surface area contributed by atoms with Crippen LogP contribution in [0.4, 0.5) is 18.6 Å². The second-order valence-corrected chi connectivity index (χ2v) is 7.60. The number of nitrogens with zero attached hydrogens (tertiary/aromatic N) is 1. The van der Waals surface area contributed by atoms with Gasteiger partial charge in [0.25, 0.3) is 0 Å². The fourth-order valence-corrected chi connectivity index (χ4v) is 3.14. The Morgan fingerprint density at radius 2 is 1.97 bits per heavy atom. The number of ether oxygens (including phenoxy) is 1. The minimum absolute atomic E-state index is 0.0223. The van der Waals surface area contributed by atoms with Crippen molar-refractivity contribution in [1.29, 1.82) is 0 Å². The lowest BCUT2D eigenvalue weighted by Crippen LogP contribution is -2.32. The van der Waals surface area contributed by atoms with E-state index in [4.69, 9.17) is 4.74 Å². The third-order valence-corrected chi connectivity index (χ3v) is 4.73. The molecule has 0 spiro atoms. The van der Waals surface area contributed by atoms with E-state index < -0.39 is 30.2 Å². The summed E-state index contributed by atoms with van der Waals surface area (Å²) in [6.07, 6.45) is 0.702. The van der Waals surface area contributed by atoms with Gasteiger partial charge in [0.1, 0.15) is 23.2 Å². The Bertz CT molecular complexity index is 905. The Hall–Kier alpha value is -2.79.